The zero-order chi connectivity index (χ0) is 22.4. The smallest absolute Gasteiger partial charge is 0.295 e. The van der Waals surface area contributed by atoms with E-state index < -0.39 is 17.7 Å². The molecule has 7 heteroatoms. The van der Waals surface area contributed by atoms with E-state index in [4.69, 9.17) is 4.74 Å². The van der Waals surface area contributed by atoms with Crippen LogP contribution in [0.5, 0.6) is 5.75 Å². The fourth-order valence-electron chi connectivity index (χ4n) is 3.69. The molecule has 1 aromatic heterocycles. The summed E-state index contributed by atoms with van der Waals surface area (Å²) in [6, 6.07) is 9.97. The van der Waals surface area contributed by atoms with E-state index in [9.17, 15) is 14.7 Å². The molecule has 1 aliphatic heterocycles. The Bertz CT molecular complexity index is 939. The monoisotopic (exact) mass is 424 g/mol. The summed E-state index contributed by atoms with van der Waals surface area (Å²) in [7, 11) is 4.09. The van der Waals surface area contributed by atoms with Gasteiger partial charge in [0.2, 0.25) is 0 Å². The van der Waals surface area contributed by atoms with Crippen molar-refractivity contribution in [1.29, 1.82) is 0 Å². The number of hydrogen-bond acceptors (Lipinski definition) is 5. The lowest BCUT2D eigenvalue weighted by Gasteiger charge is -2.25. The highest BCUT2D eigenvalue weighted by Crippen LogP contribution is 2.39. The molecule has 0 aliphatic carbocycles. The third-order valence-electron chi connectivity index (χ3n) is 5.24. The number of aromatic nitrogens is 1. The minimum Gasteiger partial charge on any atom is -0.507 e. The van der Waals surface area contributed by atoms with E-state index in [1.807, 2.05) is 45.3 Å². The van der Waals surface area contributed by atoms with E-state index in [1.54, 1.807) is 29.4 Å². The molecule has 2 heterocycles. The summed E-state index contributed by atoms with van der Waals surface area (Å²) in [6.45, 7) is 3.95. The van der Waals surface area contributed by atoms with Gasteiger partial charge in [0.25, 0.3) is 11.7 Å². The van der Waals surface area contributed by atoms with Crippen LogP contribution >= 0.6 is 0 Å². The first-order chi connectivity index (χ1) is 14.9. The number of pyridine rings is 1. The average Bonchev–Trinajstić information content (AvgIpc) is 3.03. The topological polar surface area (TPSA) is 84.2 Å². The molecule has 2 aromatic rings. The minimum atomic E-state index is -0.664. The average molecular weight is 425 g/mol. The zero-order valence-electron chi connectivity index (χ0n) is 18.3. The number of ketones is 1. The number of carbonyl (C=O) groups is 2. The molecule has 7 nitrogen and oxygen atoms in total. The van der Waals surface area contributed by atoms with E-state index >= 15 is 0 Å². The Morgan fingerprint density at radius 2 is 1.81 bits per heavy atom. The first-order valence-electron chi connectivity index (χ1n) is 10.6. The molecule has 31 heavy (non-hydrogen) atoms. The van der Waals surface area contributed by atoms with Crippen LogP contribution in [0.1, 0.15) is 36.9 Å². The number of aliphatic hydroxyl groups is 1. The van der Waals surface area contributed by atoms with Crippen LogP contribution in [-0.4, -0.2) is 60.5 Å². The lowest BCUT2D eigenvalue weighted by Crippen LogP contribution is -3.05. The highest BCUT2D eigenvalue weighted by atomic mass is 16.5. The number of aliphatic hydroxyl groups excluding tert-OH is 1. The van der Waals surface area contributed by atoms with Crippen molar-refractivity contribution in [3.05, 3.63) is 65.5 Å². The number of quaternary nitrogens is 1. The Balaban J connectivity index is 2.02. The molecule has 1 aromatic carbocycles. The molecule has 164 valence electrons. The number of amides is 1. The Morgan fingerprint density at radius 3 is 2.42 bits per heavy atom. The van der Waals surface area contributed by atoms with Crippen LogP contribution in [0.15, 0.2) is 54.4 Å². The van der Waals surface area contributed by atoms with Gasteiger partial charge in [-0.1, -0.05) is 19.1 Å². The van der Waals surface area contributed by atoms with Crippen LogP contribution in [0.25, 0.3) is 5.76 Å². The number of carbonyl (C=O) groups excluding carboxylic acids is 2. The van der Waals surface area contributed by atoms with Crippen molar-refractivity contribution in [3.8, 4) is 5.75 Å². The maximum atomic E-state index is 13.0. The summed E-state index contributed by atoms with van der Waals surface area (Å²) in [6.07, 6.45) is 4.74. The molecule has 0 spiro atoms. The van der Waals surface area contributed by atoms with Crippen molar-refractivity contribution in [1.82, 2.24) is 9.88 Å². The molecule has 1 fully saturated rings. The Hall–Kier alpha value is -3.19. The first-order valence-corrected chi connectivity index (χ1v) is 10.6. The molecule has 0 bridgehead atoms. The normalized spacial score (nSPS) is 18.1. The van der Waals surface area contributed by atoms with E-state index in [-0.39, 0.29) is 11.3 Å². The molecule has 0 saturated carbocycles. The third-order valence-corrected chi connectivity index (χ3v) is 5.24. The van der Waals surface area contributed by atoms with Crippen molar-refractivity contribution < 1.29 is 24.3 Å². The van der Waals surface area contributed by atoms with Gasteiger partial charge in [-0.2, -0.15) is 0 Å². The quantitative estimate of drug-likeness (QED) is 0.365. The minimum absolute atomic E-state index is 0.107. The van der Waals surface area contributed by atoms with E-state index in [0.29, 0.717) is 18.7 Å². The van der Waals surface area contributed by atoms with E-state index in [1.165, 1.54) is 4.90 Å². The van der Waals surface area contributed by atoms with Crippen LogP contribution in [0.3, 0.4) is 0 Å². The van der Waals surface area contributed by atoms with Gasteiger partial charge in [0.15, 0.2) is 0 Å². The van der Waals surface area contributed by atoms with Crippen LogP contribution in [0, 0.1) is 0 Å². The van der Waals surface area contributed by atoms with E-state index in [0.717, 1.165) is 30.7 Å². The van der Waals surface area contributed by atoms with Gasteiger partial charge >= 0.3 is 0 Å². The van der Waals surface area contributed by atoms with Crippen molar-refractivity contribution in [2.24, 2.45) is 0 Å². The summed E-state index contributed by atoms with van der Waals surface area (Å²) in [5, 5.41) is 11.0. The fourth-order valence-corrected chi connectivity index (χ4v) is 3.69. The summed E-state index contributed by atoms with van der Waals surface area (Å²) < 4.78 is 5.66. The number of likely N-dealkylation sites (tertiary alicyclic amines) is 1. The number of benzene rings is 1. The van der Waals surface area contributed by atoms with Gasteiger partial charge in [-0.15, -0.1) is 0 Å². The van der Waals surface area contributed by atoms with Crippen molar-refractivity contribution in [3.63, 3.8) is 0 Å². The standard InChI is InChI=1S/C24H29N3O4/c1-4-16-31-19-8-6-17(7-9-19)21-20(22(28)18-10-12-25-13-11-18)23(29)24(30)27(21)15-5-14-26(2)3/h6-13,21,28H,4-5,14-16H2,1-3H3/p+1/t21-/m0/s1. The second-order valence-corrected chi connectivity index (χ2v) is 7.96. The number of ether oxygens (including phenoxy) is 1. The Morgan fingerprint density at radius 1 is 1.13 bits per heavy atom. The second-order valence-electron chi connectivity index (χ2n) is 7.96. The Kier molecular flexibility index (Phi) is 7.41. The third kappa shape index (κ3) is 5.11. The summed E-state index contributed by atoms with van der Waals surface area (Å²) >= 11 is 0. The fraction of sp³-hybridized carbons (Fsp3) is 0.375. The van der Waals surface area contributed by atoms with Gasteiger partial charge < -0.3 is 19.6 Å². The van der Waals surface area contributed by atoms with Crippen LogP contribution in [0.4, 0.5) is 0 Å². The molecular formula is C24H30N3O4+. The molecule has 2 N–H and O–H groups in total. The molecule has 1 saturated heterocycles. The lowest BCUT2D eigenvalue weighted by molar-refractivity contribution is -0.858. The second kappa shape index (κ2) is 10.2. The first kappa shape index (κ1) is 22.5. The number of Topliss-reactive ketones (excluding diaryl/α,β-unsaturated/α-hetero) is 1. The lowest BCUT2D eigenvalue weighted by atomic mass is 9.95. The zero-order valence-corrected chi connectivity index (χ0v) is 18.3. The molecule has 3 rings (SSSR count). The molecule has 1 atom stereocenters. The van der Waals surface area contributed by atoms with E-state index in [2.05, 4.69) is 4.98 Å². The molecule has 1 amide bonds. The highest BCUT2D eigenvalue weighted by Gasteiger charge is 2.45. The predicted molar refractivity (Wildman–Crippen MR) is 118 cm³/mol. The number of nitrogens with zero attached hydrogens (tertiary/aromatic N) is 2. The molecule has 1 aliphatic rings. The highest BCUT2D eigenvalue weighted by molar-refractivity contribution is 6.46. The van der Waals surface area contributed by atoms with Crippen LogP contribution in [-0.2, 0) is 9.59 Å². The van der Waals surface area contributed by atoms with Gasteiger partial charge in [-0.05, 0) is 36.2 Å². The maximum absolute atomic E-state index is 13.0. The van der Waals surface area contributed by atoms with Crippen LogP contribution < -0.4 is 9.64 Å². The molecular weight excluding hydrogens is 394 g/mol. The van der Waals surface area contributed by atoms with Gasteiger partial charge in [-0.25, -0.2) is 0 Å². The van der Waals surface area contributed by atoms with Crippen LogP contribution in [0.2, 0.25) is 0 Å². The Labute approximate surface area is 183 Å². The SMILES string of the molecule is CCCOc1ccc([C@H]2C(=C(O)c3ccncc3)C(=O)C(=O)N2CCC[NH+](C)C)cc1. The summed E-state index contributed by atoms with van der Waals surface area (Å²) in [4.78, 5) is 32.7. The summed E-state index contributed by atoms with van der Waals surface area (Å²) in [5.74, 6) is -0.700. The molecule has 0 unspecified atom stereocenters. The number of nitrogens with one attached hydrogen (secondary N) is 1. The van der Waals surface area contributed by atoms with Gasteiger partial charge in [0, 0.05) is 30.9 Å². The van der Waals surface area contributed by atoms with Crippen molar-refractivity contribution in [2.75, 3.05) is 33.8 Å². The van der Waals surface area contributed by atoms with Gasteiger partial charge in [-0.3, -0.25) is 14.6 Å². The largest absolute Gasteiger partial charge is 0.507 e. The van der Waals surface area contributed by atoms with Crippen molar-refractivity contribution in [2.45, 2.75) is 25.8 Å². The molecule has 0 radical (unpaired) electrons. The van der Waals surface area contributed by atoms with Gasteiger partial charge in [0.1, 0.15) is 11.5 Å². The van der Waals surface area contributed by atoms with Gasteiger partial charge in [0.05, 0.1) is 38.9 Å². The number of rotatable bonds is 9. The van der Waals surface area contributed by atoms with Crippen molar-refractivity contribution >= 4 is 17.4 Å². The summed E-state index contributed by atoms with van der Waals surface area (Å²) in [5.41, 5.74) is 1.32. The maximum Gasteiger partial charge on any atom is 0.295 e. The predicted octanol–water partition coefficient (Wildman–Crippen LogP) is 1.83. The number of hydrogen-bond donors (Lipinski definition) is 2.